The van der Waals surface area contributed by atoms with Gasteiger partial charge in [0.05, 0.1) is 11.3 Å². The Morgan fingerprint density at radius 3 is 2.70 bits per heavy atom. The van der Waals surface area contributed by atoms with E-state index in [4.69, 9.17) is 5.26 Å². The number of nitrogens with zero attached hydrogens (tertiary/aromatic N) is 2. The molecule has 2 rings (SSSR count). The van der Waals surface area contributed by atoms with E-state index in [1.807, 2.05) is 6.07 Å². The molecule has 0 radical (unpaired) electrons. The van der Waals surface area contributed by atoms with Gasteiger partial charge in [0.25, 0.3) is 0 Å². The largest absolute Gasteiger partial charge is 0.326 e. The van der Waals surface area contributed by atoms with Gasteiger partial charge in [0.2, 0.25) is 0 Å². The van der Waals surface area contributed by atoms with Crippen LogP contribution in [-0.4, -0.2) is 13.1 Å². The van der Waals surface area contributed by atoms with E-state index in [1.165, 1.54) is 23.1 Å². The van der Waals surface area contributed by atoms with Gasteiger partial charge in [-0.2, -0.15) is 5.26 Å². The first-order valence-corrected chi connectivity index (χ1v) is 5.91. The Morgan fingerprint density at radius 2 is 2.00 bits per heavy atom. The normalized spacial score (nSPS) is 9.65. The van der Waals surface area contributed by atoms with Crippen LogP contribution in [0.2, 0.25) is 0 Å². The molecule has 2 aromatic carbocycles. The SMILES string of the molecule is CN(C(=O)Nc1cccc(F)c1)c1ccccc1C#N. The molecule has 100 valence electrons. The predicted molar refractivity (Wildman–Crippen MR) is 75.0 cm³/mol. The second-order valence-electron chi connectivity index (χ2n) is 4.13. The lowest BCUT2D eigenvalue weighted by atomic mass is 10.2. The lowest BCUT2D eigenvalue weighted by Crippen LogP contribution is -2.31. The number of carbonyl (C=O) groups is 1. The first-order chi connectivity index (χ1) is 9.61. The van der Waals surface area contributed by atoms with Gasteiger partial charge in [-0.1, -0.05) is 18.2 Å². The number of nitrogens with one attached hydrogen (secondary N) is 1. The Balaban J connectivity index is 2.19. The van der Waals surface area contributed by atoms with Crippen molar-refractivity contribution in [2.75, 3.05) is 17.3 Å². The van der Waals surface area contributed by atoms with Gasteiger partial charge in [-0.05, 0) is 30.3 Å². The topological polar surface area (TPSA) is 56.1 Å². The van der Waals surface area contributed by atoms with E-state index in [0.29, 0.717) is 16.9 Å². The number of anilines is 2. The molecule has 2 aromatic rings. The Bertz CT molecular complexity index is 679. The van der Waals surface area contributed by atoms with Crippen molar-refractivity contribution in [3.8, 4) is 6.07 Å². The van der Waals surface area contributed by atoms with Crippen LogP contribution in [0.3, 0.4) is 0 Å². The molecule has 0 unspecified atom stereocenters. The van der Waals surface area contributed by atoms with E-state index < -0.39 is 11.8 Å². The zero-order valence-electron chi connectivity index (χ0n) is 10.8. The van der Waals surface area contributed by atoms with Crippen LogP contribution in [0.15, 0.2) is 48.5 Å². The van der Waals surface area contributed by atoms with Gasteiger partial charge in [-0.25, -0.2) is 9.18 Å². The summed E-state index contributed by atoms with van der Waals surface area (Å²) < 4.78 is 13.1. The quantitative estimate of drug-likeness (QED) is 0.908. The zero-order valence-corrected chi connectivity index (χ0v) is 10.8. The van der Waals surface area contributed by atoms with Crippen molar-refractivity contribution in [1.29, 1.82) is 5.26 Å². The van der Waals surface area contributed by atoms with Crippen LogP contribution >= 0.6 is 0 Å². The molecule has 5 heteroatoms. The molecular weight excluding hydrogens is 257 g/mol. The maximum Gasteiger partial charge on any atom is 0.326 e. The van der Waals surface area contributed by atoms with Gasteiger partial charge >= 0.3 is 6.03 Å². The second-order valence-corrected chi connectivity index (χ2v) is 4.13. The summed E-state index contributed by atoms with van der Waals surface area (Å²) in [6.07, 6.45) is 0. The average molecular weight is 269 g/mol. The Labute approximate surface area is 116 Å². The molecule has 0 aromatic heterocycles. The van der Waals surface area contributed by atoms with Gasteiger partial charge in [0.15, 0.2) is 0 Å². The third kappa shape index (κ3) is 2.93. The van der Waals surface area contributed by atoms with Crippen LogP contribution in [0.4, 0.5) is 20.6 Å². The Hall–Kier alpha value is -2.87. The Morgan fingerprint density at radius 1 is 1.25 bits per heavy atom. The number of nitriles is 1. The number of urea groups is 1. The summed E-state index contributed by atoms with van der Waals surface area (Å²) in [4.78, 5) is 13.4. The fourth-order valence-electron chi connectivity index (χ4n) is 1.74. The number of carbonyl (C=O) groups excluding carboxylic acids is 1. The number of hydrogen-bond acceptors (Lipinski definition) is 2. The minimum Gasteiger partial charge on any atom is -0.307 e. The maximum absolute atomic E-state index is 13.1. The second kappa shape index (κ2) is 5.85. The molecule has 2 amide bonds. The van der Waals surface area contributed by atoms with Crippen LogP contribution in [0.5, 0.6) is 0 Å². The monoisotopic (exact) mass is 269 g/mol. The summed E-state index contributed by atoms with van der Waals surface area (Å²) in [7, 11) is 1.55. The highest BCUT2D eigenvalue weighted by molar-refractivity contribution is 6.02. The summed E-state index contributed by atoms with van der Waals surface area (Å²) in [5.74, 6) is -0.428. The molecule has 0 spiro atoms. The molecule has 0 aliphatic heterocycles. The number of rotatable bonds is 2. The summed E-state index contributed by atoms with van der Waals surface area (Å²) in [6.45, 7) is 0. The van der Waals surface area contributed by atoms with Gasteiger partial charge in [0, 0.05) is 12.7 Å². The highest BCUT2D eigenvalue weighted by Gasteiger charge is 2.14. The summed E-state index contributed by atoms with van der Waals surface area (Å²) >= 11 is 0. The van der Waals surface area contributed by atoms with E-state index >= 15 is 0 Å². The molecule has 0 saturated carbocycles. The number of benzene rings is 2. The molecule has 0 atom stereocenters. The van der Waals surface area contributed by atoms with Crippen molar-refractivity contribution in [2.45, 2.75) is 0 Å². The molecular formula is C15H12FN3O. The summed E-state index contributed by atoms with van der Waals surface area (Å²) in [5.41, 5.74) is 1.24. The van der Waals surface area contributed by atoms with Gasteiger partial charge in [-0.3, -0.25) is 4.90 Å². The number of para-hydroxylation sites is 1. The molecule has 20 heavy (non-hydrogen) atoms. The smallest absolute Gasteiger partial charge is 0.307 e. The molecule has 0 saturated heterocycles. The number of amides is 2. The molecule has 0 heterocycles. The third-order valence-electron chi connectivity index (χ3n) is 2.77. The van der Waals surface area contributed by atoms with Crippen molar-refractivity contribution in [1.82, 2.24) is 0 Å². The first kappa shape index (κ1) is 13.6. The van der Waals surface area contributed by atoms with E-state index in [1.54, 1.807) is 37.4 Å². The van der Waals surface area contributed by atoms with E-state index in [9.17, 15) is 9.18 Å². The van der Waals surface area contributed by atoms with Gasteiger partial charge in [-0.15, -0.1) is 0 Å². The van der Waals surface area contributed by atoms with Crippen molar-refractivity contribution < 1.29 is 9.18 Å². The molecule has 4 nitrogen and oxygen atoms in total. The maximum atomic E-state index is 13.1. The molecule has 1 N–H and O–H groups in total. The van der Waals surface area contributed by atoms with Gasteiger partial charge in [0.1, 0.15) is 11.9 Å². The number of halogens is 1. The molecule has 0 fully saturated rings. The average Bonchev–Trinajstić information content (AvgIpc) is 2.46. The first-order valence-electron chi connectivity index (χ1n) is 5.91. The van der Waals surface area contributed by atoms with Crippen LogP contribution < -0.4 is 10.2 Å². The van der Waals surface area contributed by atoms with Crippen LogP contribution in [0.1, 0.15) is 5.56 Å². The number of hydrogen-bond donors (Lipinski definition) is 1. The fourth-order valence-corrected chi connectivity index (χ4v) is 1.74. The van der Waals surface area contributed by atoms with Crippen molar-refractivity contribution in [3.05, 3.63) is 59.9 Å². The molecule has 0 aliphatic carbocycles. The van der Waals surface area contributed by atoms with Crippen molar-refractivity contribution in [2.24, 2.45) is 0 Å². The van der Waals surface area contributed by atoms with Crippen molar-refractivity contribution >= 4 is 17.4 Å². The van der Waals surface area contributed by atoms with E-state index in [-0.39, 0.29) is 0 Å². The Kier molecular flexibility index (Phi) is 3.96. The lowest BCUT2D eigenvalue weighted by Gasteiger charge is -2.19. The van der Waals surface area contributed by atoms with Crippen LogP contribution in [0, 0.1) is 17.1 Å². The minimum atomic E-state index is -0.446. The lowest BCUT2D eigenvalue weighted by molar-refractivity contribution is 0.258. The molecule has 0 aliphatic rings. The minimum absolute atomic E-state index is 0.358. The zero-order chi connectivity index (χ0) is 14.5. The molecule has 0 bridgehead atoms. The van der Waals surface area contributed by atoms with E-state index in [2.05, 4.69) is 5.32 Å². The van der Waals surface area contributed by atoms with Gasteiger partial charge < -0.3 is 5.32 Å². The predicted octanol–water partition coefficient (Wildman–Crippen LogP) is 3.37. The summed E-state index contributed by atoms with van der Waals surface area (Å²) in [5, 5.41) is 11.6. The highest BCUT2D eigenvalue weighted by Crippen LogP contribution is 2.19. The highest BCUT2D eigenvalue weighted by atomic mass is 19.1. The van der Waals surface area contributed by atoms with Crippen LogP contribution in [-0.2, 0) is 0 Å². The van der Waals surface area contributed by atoms with Crippen LogP contribution in [0.25, 0.3) is 0 Å². The summed E-state index contributed by atoms with van der Waals surface area (Å²) in [6, 6.07) is 14.0. The fraction of sp³-hybridized carbons (Fsp3) is 0.0667. The standard InChI is InChI=1S/C15H12FN3O/c1-19(14-8-3-2-5-11(14)10-17)15(20)18-13-7-4-6-12(16)9-13/h2-9H,1H3,(H,18,20). The van der Waals surface area contributed by atoms with Crippen molar-refractivity contribution in [3.63, 3.8) is 0 Å². The third-order valence-corrected chi connectivity index (χ3v) is 2.77. The van der Waals surface area contributed by atoms with E-state index in [0.717, 1.165) is 0 Å².